The second kappa shape index (κ2) is 11.8. The molecule has 37 heavy (non-hydrogen) atoms. The van der Waals surface area contributed by atoms with Gasteiger partial charge in [-0.15, -0.1) is 0 Å². The lowest BCUT2D eigenvalue weighted by molar-refractivity contribution is 0.303. The number of likely N-dealkylation sites (tertiary alicyclic amines) is 1. The van der Waals surface area contributed by atoms with Crippen molar-refractivity contribution in [1.82, 2.24) is 20.2 Å². The molecule has 2 unspecified atom stereocenters. The SMILES string of the molecule is CN/C=C(/Nc1nc(Nc2cc(F)c(C3CCN(C)C3)cc2OC2CC2)ncc1Cl)C(=N)[S+]([O-])C(C)C. The number of aromatic nitrogens is 2. The van der Waals surface area contributed by atoms with Crippen LogP contribution in [0.15, 0.2) is 30.2 Å². The molecule has 2 fully saturated rings. The molecular formula is C25H33ClFN7O2S. The van der Waals surface area contributed by atoms with E-state index in [1.165, 1.54) is 18.5 Å². The molecule has 0 spiro atoms. The van der Waals surface area contributed by atoms with Crippen molar-refractivity contribution in [3.8, 4) is 5.75 Å². The van der Waals surface area contributed by atoms with Gasteiger partial charge in [0, 0.05) is 43.0 Å². The maximum atomic E-state index is 15.2. The molecule has 1 aliphatic heterocycles. The van der Waals surface area contributed by atoms with Crippen molar-refractivity contribution < 1.29 is 13.7 Å². The molecule has 4 rings (SSSR count). The zero-order chi connectivity index (χ0) is 26.7. The first-order valence-corrected chi connectivity index (χ1v) is 13.9. The summed E-state index contributed by atoms with van der Waals surface area (Å²) < 4.78 is 33.9. The largest absolute Gasteiger partial charge is 0.610 e. The third-order valence-corrected chi connectivity index (χ3v) is 7.91. The van der Waals surface area contributed by atoms with Crippen LogP contribution in [0.3, 0.4) is 0 Å². The van der Waals surface area contributed by atoms with Gasteiger partial charge in [-0.2, -0.15) is 4.98 Å². The molecule has 1 aliphatic carbocycles. The van der Waals surface area contributed by atoms with Gasteiger partial charge in [-0.25, -0.2) is 9.37 Å². The minimum Gasteiger partial charge on any atom is -0.610 e. The van der Waals surface area contributed by atoms with Gasteiger partial charge in [0.25, 0.3) is 5.04 Å². The van der Waals surface area contributed by atoms with Gasteiger partial charge >= 0.3 is 0 Å². The molecule has 2 heterocycles. The molecule has 2 aliphatic rings. The van der Waals surface area contributed by atoms with Crippen LogP contribution < -0.4 is 20.7 Å². The zero-order valence-corrected chi connectivity index (χ0v) is 23.0. The predicted octanol–water partition coefficient (Wildman–Crippen LogP) is 4.58. The Kier molecular flexibility index (Phi) is 8.79. The van der Waals surface area contributed by atoms with Gasteiger partial charge in [0.1, 0.15) is 27.5 Å². The lowest BCUT2D eigenvalue weighted by atomic mass is 9.97. The van der Waals surface area contributed by atoms with E-state index in [1.54, 1.807) is 27.0 Å². The lowest BCUT2D eigenvalue weighted by Crippen LogP contribution is -2.28. The van der Waals surface area contributed by atoms with Crippen molar-refractivity contribution in [2.45, 2.75) is 50.4 Å². The van der Waals surface area contributed by atoms with Gasteiger partial charge in [-0.05, 0) is 58.3 Å². The van der Waals surface area contributed by atoms with E-state index in [2.05, 4.69) is 30.8 Å². The Morgan fingerprint density at radius 1 is 1.35 bits per heavy atom. The van der Waals surface area contributed by atoms with E-state index >= 15 is 4.39 Å². The maximum Gasteiger partial charge on any atom is 0.262 e. The molecule has 0 amide bonds. The number of nitrogens with one attached hydrogen (secondary N) is 4. The average Bonchev–Trinajstić information content (AvgIpc) is 3.58. The van der Waals surface area contributed by atoms with E-state index in [-0.39, 0.29) is 50.6 Å². The lowest BCUT2D eigenvalue weighted by Gasteiger charge is -2.19. The van der Waals surface area contributed by atoms with Crippen LogP contribution in [0.4, 0.5) is 21.8 Å². The Balaban J connectivity index is 1.60. The zero-order valence-electron chi connectivity index (χ0n) is 21.4. The smallest absolute Gasteiger partial charge is 0.262 e. The Bertz CT molecular complexity index is 1180. The van der Waals surface area contributed by atoms with Crippen LogP contribution in [-0.2, 0) is 11.2 Å². The van der Waals surface area contributed by atoms with Gasteiger partial charge in [0.15, 0.2) is 5.82 Å². The van der Waals surface area contributed by atoms with E-state index in [1.807, 2.05) is 7.05 Å². The summed E-state index contributed by atoms with van der Waals surface area (Å²) in [6.07, 6.45) is 5.87. The highest BCUT2D eigenvalue weighted by atomic mass is 35.5. The maximum absolute atomic E-state index is 15.2. The van der Waals surface area contributed by atoms with E-state index < -0.39 is 11.2 Å². The van der Waals surface area contributed by atoms with Gasteiger partial charge in [0.05, 0.1) is 18.0 Å². The minimum atomic E-state index is -1.53. The van der Waals surface area contributed by atoms with E-state index in [9.17, 15) is 4.55 Å². The van der Waals surface area contributed by atoms with Crippen LogP contribution in [0.25, 0.3) is 0 Å². The summed E-state index contributed by atoms with van der Waals surface area (Å²) in [7, 11) is 3.71. The van der Waals surface area contributed by atoms with Crippen LogP contribution in [0.5, 0.6) is 5.75 Å². The number of nitrogens with zero attached hydrogens (tertiary/aromatic N) is 3. The fourth-order valence-electron chi connectivity index (χ4n) is 4.04. The highest BCUT2D eigenvalue weighted by molar-refractivity contribution is 8.07. The molecule has 0 bridgehead atoms. The van der Waals surface area contributed by atoms with E-state index in [4.69, 9.17) is 21.7 Å². The number of benzene rings is 1. The van der Waals surface area contributed by atoms with Gasteiger partial charge < -0.3 is 30.1 Å². The molecule has 0 radical (unpaired) electrons. The molecule has 12 heteroatoms. The average molecular weight is 550 g/mol. The number of anilines is 3. The van der Waals surface area contributed by atoms with Crippen molar-refractivity contribution in [2.75, 3.05) is 37.8 Å². The number of halogens is 2. The Morgan fingerprint density at radius 2 is 2.11 bits per heavy atom. The first-order valence-electron chi connectivity index (χ1n) is 12.3. The quantitative estimate of drug-likeness (QED) is 0.193. The first-order chi connectivity index (χ1) is 17.7. The molecule has 200 valence electrons. The summed E-state index contributed by atoms with van der Waals surface area (Å²) >= 11 is 4.80. The molecule has 1 aromatic heterocycles. The summed E-state index contributed by atoms with van der Waals surface area (Å²) in [6.45, 7) is 5.29. The van der Waals surface area contributed by atoms with Crippen LogP contribution in [0, 0.1) is 11.2 Å². The minimum absolute atomic E-state index is 0.0936. The first kappa shape index (κ1) is 27.4. The van der Waals surface area contributed by atoms with Crippen molar-refractivity contribution in [1.29, 1.82) is 5.41 Å². The standard InChI is InChI=1S/C25H33ClFN7O2S/c1-14(2)37(35)23(28)21(12-29-3)31-24-18(26)11-30-25(33-24)32-20-10-19(27)17(15-7-8-34(4)13-15)9-22(20)36-16-5-6-16/h9-12,14-16,28-29H,5-8,13H2,1-4H3,(H2,30,31,32,33)/b21-12+,28-23?. The molecule has 2 atom stereocenters. The Morgan fingerprint density at radius 3 is 2.73 bits per heavy atom. The van der Waals surface area contributed by atoms with Gasteiger partial charge in [-0.3, -0.25) is 5.41 Å². The van der Waals surface area contributed by atoms with E-state index in [0.29, 0.717) is 17.0 Å². The Labute approximate surface area is 224 Å². The van der Waals surface area contributed by atoms with E-state index in [0.717, 1.165) is 32.4 Å². The third-order valence-electron chi connectivity index (χ3n) is 6.15. The highest BCUT2D eigenvalue weighted by Crippen LogP contribution is 2.39. The normalized spacial score (nSPS) is 19.1. The number of rotatable bonds is 10. The van der Waals surface area contributed by atoms with Crippen molar-refractivity contribution in [3.63, 3.8) is 0 Å². The van der Waals surface area contributed by atoms with Crippen LogP contribution in [0.2, 0.25) is 5.02 Å². The van der Waals surface area contributed by atoms with Crippen LogP contribution >= 0.6 is 11.6 Å². The molecule has 2 aromatic rings. The summed E-state index contributed by atoms with van der Waals surface area (Å²) in [5.74, 6) is 0.753. The third kappa shape index (κ3) is 6.84. The second-order valence-electron chi connectivity index (χ2n) is 9.60. The number of likely N-dealkylation sites (N-methyl/N-ethyl adjacent to an activating group) is 1. The summed E-state index contributed by atoms with van der Waals surface area (Å²) in [6, 6.07) is 3.23. The van der Waals surface area contributed by atoms with Crippen LogP contribution in [0.1, 0.15) is 44.6 Å². The summed E-state index contributed by atoms with van der Waals surface area (Å²) in [4.78, 5) is 10.9. The van der Waals surface area contributed by atoms with Crippen molar-refractivity contribution in [2.24, 2.45) is 0 Å². The highest BCUT2D eigenvalue weighted by Gasteiger charge is 2.29. The molecule has 1 saturated heterocycles. The Hall–Kier alpha value is -2.60. The molecule has 1 saturated carbocycles. The number of ether oxygens (including phenoxy) is 1. The van der Waals surface area contributed by atoms with Crippen LogP contribution in [-0.4, -0.2) is 63.0 Å². The van der Waals surface area contributed by atoms with Crippen molar-refractivity contribution in [3.05, 3.63) is 46.6 Å². The van der Waals surface area contributed by atoms with Gasteiger partial charge in [0.2, 0.25) is 5.95 Å². The predicted molar refractivity (Wildman–Crippen MR) is 147 cm³/mol. The molecule has 1 aromatic carbocycles. The fourth-order valence-corrected chi connectivity index (χ4v) is 4.98. The number of hydrogen-bond acceptors (Lipinski definition) is 9. The van der Waals surface area contributed by atoms with Crippen molar-refractivity contribution >= 4 is 45.3 Å². The second-order valence-corrected chi connectivity index (χ2v) is 12.0. The molecule has 4 N–H and O–H groups in total. The summed E-state index contributed by atoms with van der Waals surface area (Å²) in [5.41, 5.74) is 1.34. The fraction of sp³-hybridized carbons (Fsp3) is 0.480. The number of hydrogen-bond donors (Lipinski definition) is 4. The molecular weight excluding hydrogens is 517 g/mol. The monoisotopic (exact) mass is 549 g/mol. The summed E-state index contributed by atoms with van der Waals surface area (Å²) in [5, 5.41) is 17.1. The molecule has 9 nitrogen and oxygen atoms in total. The topological polar surface area (TPSA) is 121 Å². The van der Waals surface area contributed by atoms with Gasteiger partial charge in [-0.1, -0.05) is 11.6 Å².